The Morgan fingerprint density at radius 1 is 0.415 bits per heavy atom. The van der Waals surface area contributed by atoms with Crippen molar-refractivity contribution >= 4 is 45.2 Å². The van der Waals surface area contributed by atoms with E-state index in [1.54, 1.807) is 24.3 Å². The summed E-state index contributed by atoms with van der Waals surface area (Å²) in [6.07, 6.45) is 0. The van der Waals surface area contributed by atoms with Gasteiger partial charge in [0.25, 0.3) is 23.6 Å². The van der Waals surface area contributed by atoms with Crippen molar-refractivity contribution in [1.82, 2.24) is 25.8 Å². The van der Waals surface area contributed by atoms with Crippen molar-refractivity contribution in [2.75, 3.05) is 52.4 Å². The maximum Gasteiger partial charge on any atom is 0.261 e. The lowest BCUT2D eigenvalue weighted by molar-refractivity contribution is 0.0597. The van der Waals surface area contributed by atoms with E-state index in [4.69, 9.17) is 0 Å². The zero-order chi connectivity index (χ0) is 28.3. The SMILES string of the molecule is O=C1c2cccc3cccc(c23)C(=O)N1CCNCCNCCNCCN1C(=O)c2cccc3cccc(c23)C1=O. The Bertz CT molecular complexity index is 1460. The Morgan fingerprint density at radius 2 is 0.707 bits per heavy atom. The number of hydrogen-bond acceptors (Lipinski definition) is 7. The molecule has 41 heavy (non-hydrogen) atoms. The maximum atomic E-state index is 13.0. The molecule has 4 aromatic rings. The number of amides is 4. The van der Waals surface area contributed by atoms with Gasteiger partial charge in [0.05, 0.1) is 0 Å². The van der Waals surface area contributed by atoms with E-state index < -0.39 is 0 Å². The summed E-state index contributed by atoms with van der Waals surface area (Å²) in [6, 6.07) is 22.2. The molecule has 0 aromatic heterocycles. The molecule has 4 aromatic carbocycles. The van der Waals surface area contributed by atoms with E-state index in [-0.39, 0.29) is 23.6 Å². The molecule has 3 N–H and O–H groups in total. The quantitative estimate of drug-likeness (QED) is 0.184. The number of imide groups is 2. The summed E-state index contributed by atoms with van der Waals surface area (Å²) in [5.74, 6) is -1.00. The van der Waals surface area contributed by atoms with Gasteiger partial charge < -0.3 is 16.0 Å². The first-order valence-electron chi connectivity index (χ1n) is 13.9. The van der Waals surface area contributed by atoms with Gasteiger partial charge in [-0.25, -0.2) is 0 Å². The molecule has 0 saturated heterocycles. The average Bonchev–Trinajstić information content (AvgIpc) is 3.00. The van der Waals surface area contributed by atoms with Gasteiger partial charge in [-0.05, 0) is 35.0 Å². The van der Waals surface area contributed by atoms with Crippen LogP contribution in [0.25, 0.3) is 21.5 Å². The molecule has 0 radical (unpaired) electrons. The van der Waals surface area contributed by atoms with Crippen LogP contribution in [0.1, 0.15) is 41.4 Å². The first-order chi connectivity index (χ1) is 20.1. The summed E-state index contributed by atoms with van der Waals surface area (Å²) in [4.78, 5) is 54.5. The maximum absolute atomic E-state index is 13.0. The minimum absolute atomic E-state index is 0.250. The molecule has 0 spiro atoms. The molecule has 6 rings (SSSR count). The van der Waals surface area contributed by atoms with Crippen molar-refractivity contribution in [2.24, 2.45) is 0 Å². The number of hydrogen-bond donors (Lipinski definition) is 3. The fourth-order valence-electron chi connectivity index (χ4n) is 5.68. The van der Waals surface area contributed by atoms with Crippen molar-refractivity contribution in [3.05, 3.63) is 95.1 Å². The van der Waals surface area contributed by atoms with Gasteiger partial charge >= 0.3 is 0 Å². The average molecular weight is 550 g/mol. The Labute approximate surface area is 237 Å². The zero-order valence-corrected chi connectivity index (χ0v) is 22.6. The van der Waals surface area contributed by atoms with Gasteiger partial charge in [0, 0.05) is 85.4 Å². The van der Waals surface area contributed by atoms with Crippen LogP contribution in [0.3, 0.4) is 0 Å². The third-order valence-electron chi connectivity index (χ3n) is 7.69. The van der Waals surface area contributed by atoms with Gasteiger partial charge in [-0.1, -0.05) is 48.5 Å². The molecule has 2 heterocycles. The first-order valence-corrected chi connectivity index (χ1v) is 13.9. The highest BCUT2D eigenvalue weighted by Crippen LogP contribution is 2.30. The standard InChI is InChI=1S/C32H31N5O4/c38-29-23-9-1-5-21-6-2-10-24(27(21)23)30(39)36(29)19-17-34-15-13-33-14-16-35-18-20-37-31(40)25-11-3-7-22-8-4-12-26(28(22)25)32(37)41/h1-12,33-35H,13-20H2. The highest BCUT2D eigenvalue weighted by atomic mass is 16.2. The molecular formula is C32H31N5O4. The number of nitrogens with zero attached hydrogens (tertiary/aromatic N) is 2. The molecule has 9 nitrogen and oxygen atoms in total. The van der Waals surface area contributed by atoms with Gasteiger partial charge in [-0.2, -0.15) is 0 Å². The van der Waals surface area contributed by atoms with Crippen molar-refractivity contribution in [2.45, 2.75) is 0 Å². The van der Waals surface area contributed by atoms with Crippen LogP contribution in [0, 0.1) is 0 Å². The lowest BCUT2D eigenvalue weighted by Gasteiger charge is -2.27. The summed E-state index contributed by atoms with van der Waals surface area (Å²) in [7, 11) is 0. The van der Waals surface area contributed by atoms with Gasteiger partial charge in [-0.3, -0.25) is 29.0 Å². The lowest BCUT2D eigenvalue weighted by Crippen LogP contribution is -2.45. The summed E-state index contributed by atoms with van der Waals surface area (Å²) in [5, 5.41) is 13.2. The molecule has 4 amide bonds. The summed E-state index contributed by atoms with van der Waals surface area (Å²) in [6.45, 7) is 4.42. The van der Waals surface area contributed by atoms with Crippen LogP contribution < -0.4 is 16.0 Å². The molecule has 0 fully saturated rings. The van der Waals surface area contributed by atoms with Crippen LogP contribution >= 0.6 is 0 Å². The van der Waals surface area contributed by atoms with E-state index in [1.807, 2.05) is 48.5 Å². The largest absolute Gasteiger partial charge is 0.314 e. The Hall–Kier alpha value is -4.44. The first kappa shape index (κ1) is 26.8. The lowest BCUT2D eigenvalue weighted by atomic mass is 9.94. The van der Waals surface area contributed by atoms with Gasteiger partial charge in [-0.15, -0.1) is 0 Å². The van der Waals surface area contributed by atoms with Gasteiger partial charge in [0.15, 0.2) is 0 Å². The monoisotopic (exact) mass is 549 g/mol. The summed E-state index contributed by atoms with van der Waals surface area (Å²) >= 11 is 0. The molecule has 0 aliphatic carbocycles. The molecule has 208 valence electrons. The minimum Gasteiger partial charge on any atom is -0.314 e. The van der Waals surface area contributed by atoms with Crippen LogP contribution in [0.15, 0.2) is 72.8 Å². The third kappa shape index (κ3) is 4.99. The fraction of sp³-hybridized carbons (Fsp3) is 0.250. The van der Waals surface area contributed by atoms with Gasteiger partial charge in [0.1, 0.15) is 0 Å². The second kappa shape index (κ2) is 11.6. The van der Waals surface area contributed by atoms with E-state index in [9.17, 15) is 19.2 Å². The summed E-state index contributed by atoms with van der Waals surface area (Å²) in [5.41, 5.74) is 2.29. The predicted octanol–water partition coefficient (Wildman–Crippen LogP) is 2.65. The van der Waals surface area contributed by atoms with E-state index in [0.717, 1.165) is 34.6 Å². The molecular weight excluding hydrogens is 518 g/mol. The Kier molecular flexibility index (Phi) is 7.56. The third-order valence-corrected chi connectivity index (χ3v) is 7.69. The molecule has 0 unspecified atom stereocenters. The van der Waals surface area contributed by atoms with Crippen molar-refractivity contribution < 1.29 is 19.2 Å². The van der Waals surface area contributed by atoms with Crippen molar-refractivity contribution in [1.29, 1.82) is 0 Å². The molecule has 9 heteroatoms. The number of benzene rings is 4. The number of carbonyl (C=O) groups excluding carboxylic acids is 4. The smallest absolute Gasteiger partial charge is 0.261 e. The van der Waals surface area contributed by atoms with Crippen LogP contribution in [-0.2, 0) is 0 Å². The topological polar surface area (TPSA) is 111 Å². The van der Waals surface area contributed by atoms with E-state index in [2.05, 4.69) is 16.0 Å². The normalized spacial score (nSPS) is 14.5. The van der Waals surface area contributed by atoms with Crippen LogP contribution in [0.4, 0.5) is 0 Å². The minimum atomic E-state index is -0.250. The molecule has 0 bridgehead atoms. The Morgan fingerprint density at radius 3 is 1.02 bits per heavy atom. The highest BCUT2D eigenvalue weighted by molar-refractivity contribution is 6.26. The van der Waals surface area contributed by atoms with Crippen LogP contribution in [0.2, 0.25) is 0 Å². The molecule has 0 saturated carbocycles. The predicted molar refractivity (Wildman–Crippen MR) is 157 cm³/mol. The number of carbonyl (C=O) groups is 4. The van der Waals surface area contributed by atoms with E-state index in [1.165, 1.54) is 9.80 Å². The van der Waals surface area contributed by atoms with E-state index in [0.29, 0.717) is 61.5 Å². The van der Waals surface area contributed by atoms with E-state index >= 15 is 0 Å². The number of nitrogens with one attached hydrogen (secondary N) is 3. The number of rotatable bonds is 12. The second-order valence-corrected chi connectivity index (χ2v) is 10.2. The second-order valence-electron chi connectivity index (χ2n) is 10.2. The van der Waals surface area contributed by atoms with Crippen molar-refractivity contribution in [3.8, 4) is 0 Å². The molecule has 0 atom stereocenters. The summed E-state index contributed by atoms with van der Waals surface area (Å²) < 4.78 is 0. The van der Waals surface area contributed by atoms with Crippen LogP contribution in [0.5, 0.6) is 0 Å². The molecule has 2 aliphatic heterocycles. The van der Waals surface area contributed by atoms with Gasteiger partial charge in [0.2, 0.25) is 0 Å². The fourth-order valence-corrected chi connectivity index (χ4v) is 5.68. The Balaban J connectivity index is 0.877. The highest BCUT2D eigenvalue weighted by Gasteiger charge is 2.33. The zero-order valence-electron chi connectivity index (χ0n) is 22.6. The van der Waals surface area contributed by atoms with Crippen molar-refractivity contribution in [3.63, 3.8) is 0 Å². The van der Waals surface area contributed by atoms with Crippen LogP contribution in [-0.4, -0.2) is 85.8 Å². The molecule has 2 aliphatic rings.